The Bertz CT molecular complexity index is 1220. The number of carbonyl (C=O) groups excluding carboxylic acids is 3. The maximum Gasteiger partial charge on any atom is 0.253 e. The number of benzene rings is 2. The third-order valence-electron chi connectivity index (χ3n) is 6.36. The van der Waals surface area contributed by atoms with Crippen molar-refractivity contribution < 1.29 is 14.4 Å². The van der Waals surface area contributed by atoms with Crippen LogP contribution in [0.15, 0.2) is 72.9 Å². The van der Waals surface area contributed by atoms with Crippen molar-refractivity contribution in [3.8, 4) is 0 Å². The normalized spacial score (nSPS) is 12.3. The Morgan fingerprint density at radius 2 is 1.62 bits per heavy atom. The number of pyridine rings is 1. The molecule has 0 aliphatic heterocycles. The van der Waals surface area contributed by atoms with E-state index in [-0.39, 0.29) is 17.7 Å². The summed E-state index contributed by atoms with van der Waals surface area (Å²) in [5, 5.41) is 5.91. The van der Waals surface area contributed by atoms with Crippen LogP contribution in [-0.4, -0.2) is 46.7 Å². The molecule has 0 spiro atoms. The van der Waals surface area contributed by atoms with E-state index in [2.05, 4.69) is 15.6 Å². The van der Waals surface area contributed by atoms with Crippen LogP contribution in [0.4, 0.5) is 5.82 Å². The molecule has 1 aromatic heterocycles. The molecule has 1 heterocycles. The van der Waals surface area contributed by atoms with Crippen LogP contribution in [0.1, 0.15) is 65.5 Å². The van der Waals surface area contributed by atoms with Crippen molar-refractivity contribution in [1.29, 1.82) is 0 Å². The molecule has 2 aromatic carbocycles. The molecule has 3 amide bonds. The van der Waals surface area contributed by atoms with Crippen LogP contribution in [-0.2, 0) is 11.2 Å². The van der Waals surface area contributed by atoms with Gasteiger partial charge in [-0.25, -0.2) is 4.98 Å². The van der Waals surface area contributed by atoms with Crippen molar-refractivity contribution >= 4 is 23.5 Å². The zero-order chi connectivity index (χ0) is 28.2. The molecule has 2 atom stereocenters. The maximum absolute atomic E-state index is 13.3. The lowest BCUT2D eigenvalue weighted by atomic mass is 9.95. The fourth-order valence-electron chi connectivity index (χ4n) is 4.34. The standard InChI is InChI=1S/C32H39N4O3/c1-5-17-36(18-6-2)32(39)27-14-10-13-26(21-27)31(38)34-28(20-25-11-8-7-9-12-25)19-24(4)30(37)35-29-16-15-23(3)22-33-29/h7-16,19,21-22,24,28H,5-6,17-18,20H2,1-4H3,(H,34,38)(H,33,35,37)/t24?,28-/m1/s1. The Hall–Kier alpha value is -4.00. The van der Waals surface area contributed by atoms with E-state index >= 15 is 0 Å². The van der Waals surface area contributed by atoms with Gasteiger partial charge in [-0.2, -0.15) is 0 Å². The van der Waals surface area contributed by atoms with Gasteiger partial charge in [-0.3, -0.25) is 14.4 Å². The Kier molecular flexibility index (Phi) is 11.2. The Labute approximate surface area is 232 Å². The first kappa shape index (κ1) is 29.6. The summed E-state index contributed by atoms with van der Waals surface area (Å²) in [5.41, 5.74) is 2.94. The lowest BCUT2D eigenvalue weighted by molar-refractivity contribution is -0.118. The molecule has 3 aromatic rings. The molecule has 0 saturated carbocycles. The van der Waals surface area contributed by atoms with E-state index in [4.69, 9.17) is 0 Å². The van der Waals surface area contributed by atoms with Gasteiger partial charge in [0.15, 0.2) is 0 Å². The van der Waals surface area contributed by atoms with E-state index in [1.54, 1.807) is 43.5 Å². The third-order valence-corrected chi connectivity index (χ3v) is 6.36. The molecular weight excluding hydrogens is 488 g/mol. The highest BCUT2D eigenvalue weighted by Gasteiger charge is 2.23. The first-order valence-electron chi connectivity index (χ1n) is 13.6. The molecule has 0 aliphatic rings. The highest BCUT2D eigenvalue weighted by Crippen LogP contribution is 2.16. The van der Waals surface area contributed by atoms with Crippen LogP contribution < -0.4 is 10.6 Å². The second-order valence-corrected chi connectivity index (χ2v) is 9.83. The largest absolute Gasteiger partial charge is 0.349 e. The number of rotatable bonds is 13. The average Bonchev–Trinajstić information content (AvgIpc) is 2.94. The number of anilines is 1. The fraction of sp³-hybridized carbons (Fsp3) is 0.344. The van der Waals surface area contributed by atoms with Gasteiger partial charge >= 0.3 is 0 Å². The molecule has 0 fully saturated rings. The van der Waals surface area contributed by atoms with Gasteiger partial charge in [0.05, 0.1) is 0 Å². The summed E-state index contributed by atoms with van der Waals surface area (Å²) in [6.45, 7) is 9.17. The van der Waals surface area contributed by atoms with Crippen molar-refractivity contribution in [2.45, 2.75) is 53.0 Å². The van der Waals surface area contributed by atoms with E-state index in [1.165, 1.54) is 0 Å². The molecule has 205 valence electrons. The van der Waals surface area contributed by atoms with E-state index in [0.717, 1.165) is 24.0 Å². The van der Waals surface area contributed by atoms with Crippen molar-refractivity contribution in [3.63, 3.8) is 0 Å². The number of hydrogen-bond donors (Lipinski definition) is 2. The summed E-state index contributed by atoms with van der Waals surface area (Å²) in [4.78, 5) is 45.4. The number of amides is 3. The third kappa shape index (κ3) is 9.06. The SMILES string of the molecule is CCCN(CCC)C(=O)c1cccc(C(=O)N[C@H]([CH]C(C)C(=O)Nc2ccc(C)cn2)Cc2ccccc2)c1. The van der Waals surface area contributed by atoms with Crippen molar-refractivity contribution in [1.82, 2.24) is 15.2 Å². The molecule has 1 radical (unpaired) electrons. The Balaban J connectivity index is 1.74. The smallest absolute Gasteiger partial charge is 0.253 e. The van der Waals surface area contributed by atoms with E-state index < -0.39 is 12.0 Å². The van der Waals surface area contributed by atoms with Gasteiger partial charge in [0.1, 0.15) is 5.82 Å². The summed E-state index contributed by atoms with van der Waals surface area (Å²) in [6, 6.07) is 19.9. The van der Waals surface area contributed by atoms with Gasteiger partial charge in [0, 0.05) is 42.4 Å². The highest BCUT2D eigenvalue weighted by molar-refractivity contribution is 6.00. The summed E-state index contributed by atoms with van der Waals surface area (Å²) in [6.07, 6.45) is 5.80. The van der Waals surface area contributed by atoms with Crippen LogP contribution in [0.5, 0.6) is 0 Å². The van der Waals surface area contributed by atoms with Crippen LogP contribution in [0.25, 0.3) is 0 Å². The highest BCUT2D eigenvalue weighted by atomic mass is 16.2. The summed E-state index contributed by atoms with van der Waals surface area (Å²) in [5.74, 6) is -0.594. The molecule has 7 nitrogen and oxygen atoms in total. The number of aryl methyl sites for hydroxylation is 1. The van der Waals surface area contributed by atoms with Crippen LogP contribution >= 0.6 is 0 Å². The zero-order valence-corrected chi connectivity index (χ0v) is 23.3. The molecule has 7 heteroatoms. The van der Waals surface area contributed by atoms with Gasteiger partial charge in [-0.1, -0.05) is 63.2 Å². The topological polar surface area (TPSA) is 91.4 Å². The van der Waals surface area contributed by atoms with Crippen LogP contribution in [0, 0.1) is 19.3 Å². The van der Waals surface area contributed by atoms with E-state index in [0.29, 0.717) is 36.5 Å². The number of nitrogens with zero attached hydrogens (tertiary/aromatic N) is 2. The van der Waals surface area contributed by atoms with Crippen molar-refractivity contribution in [2.75, 3.05) is 18.4 Å². The summed E-state index contributed by atoms with van der Waals surface area (Å²) in [7, 11) is 0. The summed E-state index contributed by atoms with van der Waals surface area (Å²) < 4.78 is 0. The minimum Gasteiger partial charge on any atom is -0.349 e. The van der Waals surface area contributed by atoms with Crippen molar-refractivity contribution in [2.24, 2.45) is 5.92 Å². The predicted octanol–water partition coefficient (Wildman–Crippen LogP) is 5.47. The molecule has 0 bridgehead atoms. The van der Waals surface area contributed by atoms with Gasteiger partial charge < -0.3 is 15.5 Å². The summed E-state index contributed by atoms with van der Waals surface area (Å²) >= 11 is 0. The first-order valence-corrected chi connectivity index (χ1v) is 13.6. The lowest BCUT2D eigenvalue weighted by Crippen LogP contribution is -2.40. The zero-order valence-electron chi connectivity index (χ0n) is 23.3. The van der Waals surface area contributed by atoms with Crippen LogP contribution in [0.3, 0.4) is 0 Å². The lowest BCUT2D eigenvalue weighted by Gasteiger charge is -2.23. The quantitative estimate of drug-likeness (QED) is 0.308. The molecule has 0 saturated heterocycles. The molecule has 1 unspecified atom stereocenters. The van der Waals surface area contributed by atoms with Gasteiger partial charge in [-0.05, 0) is 68.0 Å². The maximum atomic E-state index is 13.3. The van der Waals surface area contributed by atoms with E-state index in [1.807, 2.05) is 68.5 Å². The molecule has 39 heavy (non-hydrogen) atoms. The minimum absolute atomic E-state index is 0.0734. The van der Waals surface area contributed by atoms with Gasteiger partial charge in [0.2, 0.25) is 5.91 Å². The monoisotopic (exact) mass is 527 g/mol. The molecule has 3 rings (SSSR count). The number of nitrogens with one attached hydrogen (secondary N) is 2. The number of aromatic nitrogens is 1. The van der Waals surface area contributed by atoms with E-state index in [9.17, 15) is 14.4 Å². The van der Waals surface area contributed by atoms with Crippen LogP contribution in [0.2, 0.25) is 0 Å². The first-order chi connectivity index (χ1) is 18.8. The second kappa shape index (κ2) is 14.8. The molecule has 2 N–H and O–H groups in total. The Morgan fingerprint density at radius 1 is 0.923 bits per heavy atom. The minimum atomic E-state index is -0.494. The molecular formula is C32H39N4O3. The Morgan fingerprint density at radius 3 is 2.26 bits per heavy atom. The number of hydrogen-bond acceptors (Lipinski definition) is 4. The van der Waals surface area contributed by atoms with Gasteiger partial charge in [0.25, 0.3) is 11.8 Å². The van der Waals surface area contributed by atoms with Gasteiger partial charge in [-0.15, -0.1) is 0 Å². The van der Waals surface area contributed by atoms with Crippen molar-refractivity contribution in [3.05, 3.63) is 102 Å². The fourth-order valence-corrected chi connectivity index (χ4v) is 4.34. The number of carbonyl (C=O) groups is 3. The second-order valence-electron chi connectivity index (χ2n) is 9.83. The predicted molar refractivity (Wildman–Crippen MR) is 155 cm³/mol. The molecule has 0 aliphatic carbocycles. The average molecular weight is 528 g/mol.